The van der Waals surface area contributed by atoms with E-state index in [-0.39, 0.29) is 23.7 Å². The van der Waals surface area contributed by atoms with Crippen LogP contribution in [0, 0.1) is 34.5 Å². The van der Waals surface area contributed by atoms with Crippen molar-refractivity contribution in [3.8, 4) is 0 Å². The van der Waals surface area contributed by atoms with Crippen LogP contribution in [0.2, 0.25) is 0 Å². The Bertz CT molecular complexity index is 685. The Morgan fingerprint density at radius 2 is 2.08 bits per heavy atom. The van der Waals surface area contributed by atoms with Crippen LogP contribution in [0.1, 0.15) is 45.4 Å². The first-order valence-electron chi connectivity index (χ1n) is 9.12. The zero-order chi connectivity index (χ0) is 17.1. The lowest BCUT2D eigenvalue weighted by atomic mass is 9.60. The summed E-state index contributed by atoms with van der Waals surface area (Å²) >= 11 is 0. The predicted molar refractivity (Wildman–Crippen MR) is 83.8 cm³/mol. The van der Waals surface area contributed by atoms with Gasteiger partial charge in [-0.15, -0.1) is 0 Å². The Morgan fingerprint density at radius 1 is 1.33 bits per heavy atom. The van der Waals surface area contributed by atoms with E-state index in [1.54, 1.807) is 0 Å². The third-order valence-corrected chi connectivity index (χ3v) is 8.43. The van der Waals surface area contributed by atoms with Gasteiger partial charge in [0.2, 0.25) is 0 Å². The number of rotatable bonds is 1. The first-order chi connectivity index (χ1) is 11.3. The van der Waals surface area contributed by atoms with Gasteiger partial charge in [0.05, 0.1) is 17.4 Å². The summed E-state index contributed by atoms with van der Waals surface area (Å²) in [5, 5.41) is 21.2. The second kappa shape index (κ2) is 4.06. The van der Waals surface area contributed by atoms with Crippen molar-refractivity contribution >= 4 is 11.9 Å². The quantitative estimate of drug-likeness (QED) is 0.568. The standard InChI is InChI=1S/C19H24O5/c1-9-10-4-5-11-18(8-10,14(9)20)12(15(21)22)13-17(2)6-3-7-19(11,13)24-16(17)23/h10-14,20H,1,3-8H2,2H3,(H,21,22)/t10-,11+,12-,13-,14-,17-,18-,19-/m1/s1. The van der Waals surface area contributed by atoms with E-state index in [9.17, 15) is 19.8 Å². The smallest absolute Gasteiger partial charge is 0.312 e. The third-order valence-electron chi connectivity index (χ3n) is 8.43. The van der Waals surface area contributed by atoms with Gasteiger partial charge in [0.15, 0.2) is 0 Å². The number of carboxylic acid groups (broad SMARTS) is 1. The number of carbonyl (C=O) groups is 2. The molecular weight excluding hydrogens is 308 g/mol. The van der Waals surface area contributed by atoms with E-state index in [1.807, 2.05) is 6.92 Å². The number of fused-ring (bicyclic) bond motifs is 1. The second-order valence-electron chi connectivity index (χ2n) is 9.03. The number of aliphatic hydroxyl groups excluding tert-OH is 1. The summed E-state index contributed by atoms with van der Waals surface area (Å²) in [6, 6.07) is 0. The average molecular weight is 332 g/mol. The largest absolute Gasteiger partial charge is 0.481 e. The van der Waals surface area contributed by atoms with Gasteiger partial charge in [-0.25, -0.2) is 0 Å². The van der Waals surface area contributed by atoms with Gasteiger partial charge in [-0.1, -0.05) is 6.58 Å². The molecule has 1 saturated heterocycles. The van der Waals surface area contributed by atoms with Crippen LogP contribution in [0.15, 0.2) is 12.2 Å². The topological polar surface area (TPSA) is 83.8 Å². The lowest BCUT2D eigenvalue weighted by molar-refractivity contribution is -0.164. The Labute approximate surface area is 141 Å². The molecule has 5 rings (SSSR count). The van der Waals surface area contributed by atoms with E-state index >= 15 is 0 Å². The molecule has 0 amide bonds. The molecule has 5 heteroatoms. The SMILES string of the molecule is C=C1[C@@H]2CC[C@@H]3[C@@]45CCC[C@@](C)(C(=O)O4)[C@H]5[C@H](C(=O)O)[C@]3(C2)[C@@H]1O. The molecule has 2 N–H and O–H groups in total. The average Bonchev–Trinajstić information content (AvgIpc) is 2.94. The van der Waals surface area contributed by atoms with Crippen molar-refractivity contribution < 1.29 is 24.5 Å². The molecule has 8 atom stereocenters. The number of esters is 1. The van der Waals surface area contributed by atoms with Crippen molar-refractivity contribution in [2.75, 3.05) is 0 Å². The number of hydrogen-bond acceptors (Lipinski definition) is 4. The van der Waals surface area contributed by atoms with Gasteiger partial charge in [-0.3, -0.25) is 9.59 Å². The van der Waals surface area contributed by atoms with Gasteiger partial charge in [0, 0.05) is 17.3 Å². The predicted octanol–water partition coefficient (Wildman–Crippen LogP) is 2.14. The van der Waals surface area contributed by atoms with Gasteiger partial charge in [-0.05, 0) is 56.9 Å². The number of aliphatic carboxylic acids is 1. The van der Waals surface area contributed by atoms with Gasteiger partial charge >= 0.3 is 11.9 Å². The molecule has 4 saturated carbocycles. The van der Waals surface area contributed by atoms with Crippen LogP contribution in [0.25, 0.3) is 0 Å². The highest BCUT2D eigenvalue weighted by Crippen LogP contribution is 2.77. The van der Waals surface area contributed by atoms with Gasteiger partial charge in [0.25, 0.3) is 0 Å². The number of aliphatic hydroxyl groups is 1. The summed E-state index contributed by atoms with van der Waals surface area (Å²) in [4.78, 5) is 25.1. The van der Waals surface area contributed by atoms with E-state index in [0.29, 0.717) is 12.8 Å². The van der Waals surface area contributed by atoms with E-state index in [2.05, 4.69) is 6.58 Å². The molecule has 0 aromatic carbocycles. The summed E-state index contributed by atoms with van der Waals surface area (Å²) in [5.41, 5.74) is -1.33. The second-order valence-corrected chi connectivity index (χ2v) is 9.03. The molecule has 1 spiro atoms. The maximum atomic E-state index is 12.7. The molecule has 5 aliphatic rings. The Hall–Kier alpha value is -1.36. The molecule has 0 unspecified atom stereocenters. The van der Waals surface area contributed by atoms with Crippen LogP contribution >= 0.6 is 0 Å². The number of carboxylic acids is 1. The molecule has 0 aromatic heterocycles. The summed E-state index contributed by atoms with van der Waals surface area (Å²) in [7, 11) is 0. The van der Waals surface area contributed by atoms with Gasteiger partial charge in [0.1, 0.15) is 5.60 Å². The molecule has 1 aliphatic heterocycles. The van der Waals surface area contributed by atoms with Crippen molar-refractivity contribution in [2.45, 2.75) is 57.2 Å². The van der Waals surface area contributed by atoms with Crippen molar-refractivity contribution in [2.24, 2.45) is 34.5 Å². The van der Waals surface area contributed by atoms with E-state index in [1.165, 1.54) is 0 Å². The Kier molecular flexibility index (Phi) is 2.53. The maximum Gasteiger partial charge on any atom is 0.312 e. The van der Waals surface area contributed by atoms with Gasteiger partial charge in [-0.2, -0.15) is 0 Å². The molecule has 24 heavy (non-hydrogen) atoms. The Balaban J connectivity index is 1.78. The molecular formula is C19H24O5. The minimum atomic E-state index is -0.882. The summed E-state index contributed by atoms with van der Waals surface area (Å²) < 4.78 is 6.04. The van der Waals surface area contributed by atoms with E-state index < -0.39 is 34.4 Å². The lowest BCUT2D eigenvalue weighted by Crippen LogP contribution is -2.48. The van der Waals surface area contributed by atoms with Crippen molar-refractivity contribution in [3.05, 3.63) is 12.2 Å². The highest BCUT2D eigenvalue weighted by Gasteiger charge is 2.83. The van der Waals surface area contributed by atoms with Crippen LogP contribution in [-0.4, -0.2) is 33.9 Å². The van der Waals surface area contributed by atoms with Crippen molar-refractivity contribution in [1.29, 1.82) is 0 Å². The molecule has 5 nitrogen and oxygen atoms in total. The van der Waals surface area contributed by atoms with Crippen molar-refractivity contribution in [3.63, 3.8) is 0 Å². The minimum absolute atomic E-state index is 0.0623. The highest BCUT2D eigenvalue weighted by molar-refractivity contribution is 5.84. The monoisotopic (exact) mass is 332 g/mol. The van der Waals surface area contributed by atoms with Crippen molar-refractivity contribution in [1.82, 2.24) is 0 Å². The van der Waals surface area contributed by atoms with Gasteiger partial charge < -0.3 is 14.9 Å². The maximum absolute atomic E-state index is 12.7. The molecule has 4 aliphatic carbocycles. The van der Waals surface area contributed by atoms with Crippen LogP contribution < -0.4 is 0 Å². The third kappa shape index (κ3) is 1.26. The number of hydrogen-bond donors (Lipinski definition) is 2. The fraction of sp³-hybridized carbons (Fsp3) is 0.789. The normalized spacial score (nSPS) is 57.5. The fourth-order valence-electron chi connectivity index (χ4n) is 7.72. The first kappa shape index (κ1) is 14.9. The zero-order valence-corrected chi connectivity index (χ0v) is 14.0. The minimum Gasteiger partial charge on any atom is -0.481 e. The summed E-state index contributed by atoms with van der Waals surface area (Å²) in [6.07, 6.45) is 3.93. The summed E-state index contributed by atoms with van der Waals surface area (Å²) in [5.74, 6) is -2.01. The molecule has 4 bridgehead atoms. The molecule has 5 fully saturated rings. The molecule has 0 aromatic rings. The number of ether oxygens (including phenoxy) is 1. The van der Waals surface area contributed by atoms with Crippen LogP contribution in [0.3, 0.4) is 0 Å². The first-order valence-corrected chi connectivity index (χ1v) is 9.12. The van der Waals surface area contributed by atoms with Crippen LogP contribution in [0.4, 0.5) is 0 Å². The summed E-state index contributed by atoms with van der Waals surface area (Å²) in [6.45, 7) is 5.97. The zero-order valence-electron chi connectivity index (χ0n) is 14.0. The molecule has 0 radical (unpaired) electrons. The fourth-order valence-corrected chi connectivity index (χ4v) is 7.72. The number of carbonyl (C=O) groups excluding carboxylic acids is 1. The molecule has 1 heterocycles. The lowest BCUT2D eigenvalue weighted by Gasteiger charge is -2.44. The van der Waals surface area contributed by atoms with E-state index in [0.717, 1.165) is 31.3 Å². The Morgan fingerprint density at radius 3 is 2.79 bits per heavy atom. The molecule has 130 valence electrons. The van der Waals surface area contributed by atoms with E-state index in [4.69, 9.17) is 4.74 Å². The highest BCUT2D eigenvalue weighted by atomic mass is 16.6. The van der Waals surface area contributed by atoms with Crippen LogP contribution in [0.5, 0.6) is 0 Å². The van der Waals surface area contributed by atoms with Crippen LogP contribution in [-0.2, 0) is 14.3 Å².